The van der Waals surface area contributed by atoms with Crippen LogP contribution in [0, 0.1) is 0 Å². The van der Waals surface area contributed by atoms with E-state index in [2.05, 4.69) is 20.9 Å². The molecule has 8 nitrogen and oxygen atoms in total. The van der Waals surface area contributed by atoms with Gasteiger partial charge in [0.25, 0.3) is 0 Å². The molecule has 34 heavy (non-hydrogen) atoms. The summed E-state index contributed by atoms with van der Waals surface area (Å²) < 4.78 is 0. The van der Waals surface area contributed by atoms with E-state index in [0.717, 1.165) is 36.0 Å². The van der Waals surface area contributed by atoms with Gasteiger partial charge in [0, 0.05) is 18.5 Å². The van der Waals surface area contributed by atoms with Crippen molar-refractivity contribution in [2.45, 2.75) is 37.8 Å². The smallest absolute Gasteiger partial charge is 0.247 e. The van der Waals surface area contributed by atoms with E-state index in [4.69, 9.17) is 11.5 Å². The first-order chi connectivity index (χ1) is 16.6. The van der Waals surface area contributed by atoms with Crippen LogP contribution in [0.2, 0.25) is 0 Å². The fourth-order valence-electron chi connectivity index (χ4n) is 3.68. The van der Waals surface area contributed by atoms with Crippen molar-refractivity contribution in [3.63, 3.8) is 0 Å². The lowest BCUT2D eigenvalue weighted by Crippen LogP contribution is -2.50. The van der Waals surface area contributed by atoms with E-state index in [0.29, 0.717) is 31.5 Å². The lowest BCUT2D eigenvalue weighted by atomic mass is 10.0. The number of nitrogens with two attached hydrogens (primary N) is 2. The fraction of sp³-hybridized carbons (Fsp3) is 0.346. The highest BCUT2D eigenvalue weighted by atomic mass is 16.2. The summed E-state index contributed by atoms with van der Waals surface area (Å²) in [6.45, 7) is 2.04. The number of carbonyl (C=O) groups is 2. The molecule has 0 saturated heterocycles. The number of hydrogen-bond donors (Lipinski definition) is 5. The van der Waals surface area contributed by atoms with Crippen molar-refractivity contribution in [1.29, 1.82) is 0 Å². The van der Waals surface area contributed by atoms with Crippen LogP contribution in [0.5, 0.6) is 0 Å². The average Bonchev–Trinajstić information content (AvgIpc) is 2.86. The maximum Gasteiger partial charge on any atom is 0.247 e. The zero-order valence-corrected chi connectivity index (χ0v) is 19.4. The van der Waals surface area contributed by atoms with Crippen molar-refractivity contribution < 1.29 is 9.59 Å². The van der Waals surface area contributed by atoms with E-state index < -0.39 is 12.1 Å². The third-order valence-electron chi connectivity index (χ3n) is 5.58. The Morgan fingerprint density at radius 1 is 0.941 bits per heavy atom. The van der Waals surface area contributed by atoms with Gasteiger partial charge in [-0.2, -0.15) is 0 Å². The Balaban J connectivity index is 1.63. The maximum absolute atomic E-state index is 13.1. The Labute approximate surface area is 200 Å². The van der Waals surface area contributed by atoms with Crippen LogP contribution >= 0.6 is 0 Å². The van der Waals surface area contributed by atoms with Crippen molar-refractivity contribution >= 4 is 28.4 Å². The summed E-state index contributed by atoms with van der Waals surface area (Å²) in [6.07, 6.45) is 3.99. The molecule has 0 saturated carbocycles. The molecule has 0 radical (unpaired) electrons. The number of fused-ring (bicyclic) bond motifs is 1. The number of aryl methyl sites for hydroxylation is 1. The number of aromatic nitrogens is 1. The molecule has 0 aliphatic heterocycles. The molecule has 3 aromatic rings. The molecule has 2 atom stereocenters. The predicted octanol–water partition coefficient (Wildman–Crippen LogP) is 1.95. The standard InChI is InChI=1S/C26H34N6O2/c27-14-16-29-15-6-10-22(28)25(33)32-24(13-12-19-7-2-1-3-8-19)26(34)31-21-17-20-9-4-5-11-23(20)30-18-21/h1-5,7-9,11,17-18,22,24,29H,6,10,12-16,27-28H2,(H,31,34)(H,32,33)/t22-,24-/m0/s1. The Morgan fingerprint density at radius 3 is 2.50 bits per heavy atom. The van der Waals surface area contributed by atoms with Gasteiger partial charge in [-0.25, -0.2) is 0 Å². The number of carbonyl (C=O) groups excluding carboxylic acids is 2. The fourth-order valence-corrected chi connectivity index (χ4v) is 3.68. The van der Waals surface area contributed by atoms with Crippen LogP contribution in [-0.4, -0.2) is 48.5 Å². The second kappa shape index (κ2) is 13.4. The summed E-state index contributed by atoms with van der Waals surface area (Å²) in [5, 5.41) is 9.87. The van der Waals surface area contributed by atoms with Crippen LogP contribution in [0.4, 0.5) is 5.69 Å². The van der Waals surface area contributed by atoms with Crippen LogP contribution in [0.1, 0.15) is 24.8 Å². The van der Waals surface area contributed by atoms with Crippen molar-refractivity contribution in [2.75, 3.05) is 25.0 Å². The topological polar surface area (TPSA) is 135 Å². The second-order valence-corrected chi connectivity index (χ2v) is 8.28. The van der Waals surface area contributed by atoms with E-state index >= 15 is 0 Å². The first-order valence-corrected chi connectivity index (χ1v) is 11.7. The number of nitrogens with one attached hydrogen (secondary N) is 3. The molecule has 180 valence electrons. The molecule has 7 N–H and O–H groups in total. The number of anilines is 1. The molecule has 0 fully saturated rings. The van der Waals surface area contributed by atoms with Crippen molar-refractivity contribution in [3.05, 3.63) is 72.4 Å². The molecule has 2 aromatic carbocycles. The number of pyridine rings is 1. The van der Waals surface area contributed by atoms with E-state index in [1.54, 1.807) is 6.20 Å². The second-order valence-electron chi connectivity index (χ2n) is 8.28. The van der Waals surface area contributed by atoms with Gasteiger partial charge < -0.3 is 27.4 Å². The van der Waals surface area contributed by atoms with Crippen molar-refractivity contribution in [3.8, 4) is 0 Å². The van der Waals surface area contributed by atoms with Gasteiger partial charge in [0.05, 0.1) is 23.4 Å². The van der Waals surface area contributed by atoms with Crippen LogP contribution in [-0.2, 0) is 16.0 Å². The number of amides is 2. The number of hydrogen-bond acceptors (Lipinski definition) is 6. The van der Waals surface area contributed by atoms with Gasteiger partial charge in [-0.05, 0) is 49.9 Å². The molecule has 3 rings (SSSR count). The van der Waals surface area contributed by atoms with Gasteiger partial charge in [-0.15, -0.1) is 0 Å². The minimum absolute atomic E-state index is 0.293. The molecule has 1 heterocycles. The zero-order chi connectivity index (χ0) is 24.2. The average molecular weight is 463 g/mol. The molecular formula is C26H34N6O2. The Kier molecular flexibility index (Phi) is 9.97. The summed E-state index contributed by atoms with van der Waals surface area (Å²) >= 11 is 0. The lowest BCUT2D eigenvalue weighted by Gasteiger charge is -2.21. The first-order valence-electron chi connectivity index (χ1n) is 11.7. The molecule has 2 amide bonds. The highest BCUT2D eigenvalue weighted by molar-refractivity contribution is 5.98. The van der Waals surface area contributed by atoms with E-state index in [1.165, 1.54) is 0 Å². The normalized spacial score (nSPS) is 12.8. The zero-order valence-electron chi connectivity index (χ0n) is 19.4. The number of rotatable bonds is 13. The third kappa shape index (κ3) is 7.91. The monoisotopic (exact) mass is 462 g/mol. The third-order valence-corrected chi connectivity index (χ3v) is 5.58. The molecule has 8 heteroatoms. The van der Waals surface area contributed by atoms with Gasteiger partial charge in [-0.3, -0.25) is 14.6 Å². The SMILES string of the molecule is NCCNCCC[C@H](N)C(=O)N[C@@H](CCc1ccccc1)C(=O)Nc1cnc2ccccc2c1. The largest absolute Gasteiger partial charge is 0.343 e. The molecule has 0 aliphatic carbocycles. The van der Waals surface area contributed by atoms with E-state index in [9.17, 15) is 9.59 Å². The van der Waals surface area contributed by atoms with E-state index in [1.807, 2.05) is 60.7 Å². The number of para-hydroxylation sites is 1. The quantitative estimate of drug-likeness (QED) is 0.246. The number of nitrogens with zero attached hydrogens (tertiary/aromatic N) is 1. The summed E-state index contributed by atoms with van der Waals surface area (Å²) in [4.78, 5) is 30.3. The summed E-state index contributed by atoms with van der Waals surface area (Å²) in [6, 6.07) is 18.0. The van der Waals surface area contributed by atoms with Crippen LogP contribution in [0.3, 0.4) is 0 Å². The van der Waals surface area contributed by atoms with E-state index in [-0.39, 0.29) is 11.8 Å². The first kappa shape index (κ1) is 25.3. The Hall–Kier alpha value is -3.33. The van der Waals surface area contributed by atoms with Crippen LogP contribution in [0.15, 0.2) is 66.9 Å². The maximum atomic E-state index is 13.1. The van der Waals surface area contributed by atoms with Gasteiger partial charge >= 0.3 is 0 Å². The number of benzene rings is 2. The summed E-state index contributed by atoms with van der Waals surface area (Å²) in [5.41, 5.74) is 14.1. The highest BCUT2D eigenvalue weighted by Gasteiger charge is 2.24. The lowest BCUT2D eigenvalue weighted by molar-refractivity contribution is -0.127. The van der Waals surface area contributed by atoms with Crippen LogP contribution < -0.4 is 27.4 Å². The molecule has 1 aromatic heterocycles. The Bertz CT molecular complexity index is 1060. The predicted molar refractivity (Wildman–Crippen MR) is 136 cm³/mol. The van der Waals surface area contributed by atoms with Crippen molar-refractivity contribution in [1.82, 2.24) is 15.6 Å². The molecular weight excluding hydrogens is 428 g/mol. The van der Waals surface area contributed by atoms with Crippen molar-refractivity contribution in [2.24, 2.45) is 11.5 Å². The van der Waals surface area contributed by atoms with Gasteiger partial charge in [-0.1, -0.05) is 48.5 Å². The molecule has 0 bridgehead atoms. The summed E-state index contributed by atoms with van der Waals surface area (Å²) in [7, 11) is 0. The van der Waals surface area contributed by atoms with Gasteiger partial charge in [0.2, 0.25) is 11.8 Å². The minimum Gasteiger partial charge on any atom is -0.343 e. The van der Waals surface area contributed by atoms with Crippen LogP contribution in [0.25, 0.3) is 10.9 Å². The molecule has 0 aliphatic rings. The molecule has 0 spiro atoms. The molecule has 0 unspecified atom stereocenters. The summed E-state index contributed by atoms with van der Waals surface area (Å²) in [5.74, 6) is -0.623. The van der Waals surface area contributed by atoms with Gasteiger partial charge in [0.1, 0.15) is 6.04 Å². The minimum atomic E-state index is -0.722. The Morgan fingerprint density at radius 2 is 1.71 bits per heavy atom. The highest BCUT2D eigenvalue weighted by Crippen LogP contribution is 2.17. The van der Waals surface area contributed by atoms with Gasteiger partial charge in [0.15, 0.2) is 0 Å².